The average Bonchev–Trinajstić information content (AvgIpc) is 2.09. The molecule has 1 spiro atoms. The maximum Gasteiger partial charge on any atom is 0.221 e. The highest BCUT2D eigenvalue weighted by Crippen LogP contribution is 2.35. The first-order chi connectivity index (χ1) is 5.31. The number of carbonyl (C=O) groups excluding carboxylic acids is 1. The molecule has 1 saturated carbocycles. The summed E-state index contributed by atoms with van der Waals surface area (Å²) in [5.74, 6) is 0.217. The van der Waals surface area contributed by atoms with E-state index < -0.39 is 0 Å². The van der Waals surface area contributed by atoms with Crippen LogP contribution in [-0.2, 0) is 4.79 Å². The monoisotopic (exact) mass is 154 g/mol. The molecule has 0 unspecified atom stereocenters. The van der Waals surface area contributed by atoms with Gasteiger partial charge in [0.05, 0.1) is 0 Å². The number of rotatable bonds is 0. The minimum absolute atomic E-state index is 0.195. The first-order valence-corrected chi connectivity index (χ1v) is 4.33. The van der Waals surface area contributed by atoms with Crippen LogP contribution in [0.3, 0.4) is 0 Å². The standard InChI is InChI=1S/C8H14N2O/c11-7-6-8(2-1-3-8)10-5-4-9-7/h10H,1-6H2,(H,9,11). The van der Waals surface area contributed by atoms with Gasteiger partial charge in [-0.1, -0.05) is 0 Å². The fourth-order valence-electron chi connectivity index (χ4n) is 1.92. The third-order valence-electron chi connectivity index (χ3n) is 2.76. The number of carbonyl (C=O) groups is 1. The SMILES string of the molecule is O=C1CC2(CCC2)NCCN1. The van der Waals surface area contributed by atoms with Crippen LogP contribution in [0.1, 0.15) is 25.7 Å². The lowest BCUT2D eigenvalue weighted by molar-refractivity contribution is -0.122. The maximum absolute atomic E-state index is 11.1. The molecule has 2 aliphatic rings. The zero-order chi connectivity index (χ0) is 7.73. The molecule has 1 aliphatic heterocycles. The van der Waals surface area contributed by atoms with Crippen molar-refractivity contribution in [2.45, 2.75) is 31.2 Å². The Bertz CT molecular complexity index is 175. The number of amides is 1. The number of hydrogen-bond acceptors (Lipinski definition) is 2. The summed E-state index contributed by atoms with van der Waals surface area (Å²) in [4.78, 5) is 11.1. The number of nitrogens with one attached hydrogen (secondary N) is 2. The summed E-state index contributed by atoms with van der Waals surface area (Å²) in [6.07, 6.45) is 4.33. The van der Waals surface area contributed by atoms with Gasteiger partial charge in [-0.05, 0) is 19.3 Å². The van der Waals surface area contributed by atoms with Crippen molar-refractivity contribution in [1.29, 1.82) is 0 Å². The highest BCUT2D eigenvalue weighted by atomic mass is 16.1. The van der Waals surface area contributed by atoms with E-state index in [9.17, 15) is 4.79 Å². The van der Waals surface area contributed by atoms with Gasteiger partial charge in [0.15, 0.2) is 0 Å². The second-order valence-corrected chi connectivity index (χ2v) is 3.59. The van der Waals surface area contributed by atoms with Crippen molar-refractivity contribution in [2.24, 2.45) is 0 Å². The summed E-state index contributed by atoms with van der Waals surface area (Å²) in [7, 11) is 0. The Balaban J connectivity index is 2.03. The van der Waals surface area contributed by atoms with Crippen LogP contribution in [0.25, 0.3) is 0 Å². The third kappa shape index (κ3) is 1.25. The molecule has 0 aromatic heterocycles. The van der Waals surface area contributed by atoms with Gasteiger partial charge in [-0.15, -0.1) is 0 Å². The van der Waals surface area contributed by atoms with Crippen LogP contribution in [-0.4, -0.2) is 24.5 Å². The second kappa shape index (κ2) is 2.48. The average molecular weight is 154 g/mol. The van der Waals surface area contributed by atoms with Gasteiger partial charge in [-0.25, -0.2) is 0 Å². The highest BCUT2D eigenvalue weighted by molar-refractivity contribution is 5.77. The predicted molar refractivity (Wildman–Crippen MR) is 42.2 cm³/mol. The molecule has 1 aliphatic carbocycles. The topological polar surface area (TPSA) is 41.1 Å². The summed E-state index contributed by atoms with van der Waals surface area (Å²) in [5, 5.41) is 6.31. The van der Waals surface area contributed by atoms with E-state index in [4.69, 9.17) is 0 Å². The Morgan fingerprint density at radius 2 is 2.09 bits per heavy atom. The van der Waals surface area contributed by atoms with Crippen molar-refractivity contribution in [3.05, 3.63) is 0 Å². The zero-order valence-electron chi connectivity index (χ0n) is 6.65. The molecule has 3 heteroatoms. The van der Waals surface area contributed by atoms with E-state index in [0.29, 0.717) is 6.42 Å². The molecular weight excluding hydrogens is 140 g/mol. The first kappa shape index (κ1) is 7.10. The van der Waals surface area contributed by atoms with Gasteiger partial charge in [-0.3, -0.25) is 4.79 Å². The minimum Gasteiger partial charge on any atom is -0.355 e. The van der Waals surface area contributed by atoms with E-state index >= 15 is 0 Å². The first-order valence-electron chi connectivity index (χ1n) is 4.33. The lowest BCUT2D eigenvalue weighted by Crippen LogP contribution is -2.51. The number of hydrogen-bond donors (Lipinski definition) is 2. The van der Waals surface area contributed by atoms with Gasteiger partial charge < -0.3 is 10.6 Å². The van der Waals surface area contributed by atoms with Crippen LogP contribution in [0, 0.1) is 0 Å². The largest absolute Gasteiger partial charge is 0.355 e. The molecule has 1 saturated heterocycles. The van der Waals surface area contributed by atoms with Crippen LogP contribution in [0.2, 0.25) is 0 Å². The molecular formula is C8H14N2O. The Hall–Kier alpha value is -0.570. The van der Waals surface area contributed by atoms with Crippen LogP contribution in [0.5, 0.6) is 0 Å². The van der Waals surface area contributed by atoms with Crippen LogP contribution >= 0.6 is 0 Å². The van der Waals surface area contributed by atoms with Crippen molar-refractivity contribution < 1.29 is 4.79 Å². The molecule has 1 amide bonds. The molecule has 0 radical (unpaired) electrons. The van der Waals surface area contributed by atoms with Crippen LogP contribution < -0.4 is 10.6 Å². The zero-order valence-corrected chi connectivity index (χ0v) is 6.65. The van der Waals surface area contributed by atoms with Crippen molar-refractivity contribution in [3.8, 4) is 0 Å². The quantitative estimate of drug-likeness (QED) is 0.516. The third-order valence-corrected chi connectivity index (χ3v) is 2.76. The Labute approximate surface area is 66.5 Å². The van der Waals surface area contributed by atoms with Gasteiger partial charge in [-0.2, -0.15) is 0 Å². The van der Waals surface area contributed by atoms with Gasteiger partial charge in [0, 0.05) is 25.0 Å². The molecule has 62 valence electrons. The predicted octanol–water partition coefficient (Wildman–Crippen LogP) is 0.0186. The molecule has 0 bridgehead atoms. The summed E-state index contributed by atoms with van der Waals surface area (Å²) in [5.41, 5.74) is 0.195. The summed E-state index contributed by atoms with van der Waals surface area (Å²) >= 11 is 0. The molecule has 3 nitrogen and oxygen atoms in total. The van der Waals surface area contributed by atoms with Crippen molar-refractivity contribution >= 4 is 5.91 Å². The molecule has 0 aromatic carbocycles. The summed E-state index contributed by atoms with van der Waals surface area (Å²) < 4.78 is 0. The Morgan fingerprint density at radius 1 is 1.27 bits per heavy atom. The highest BCUT2D eigenvalue weighted by Gasteiger charge is 2.39. The van der Waals surface area contributed by atoms with Crippen LogP contribution in [0.4, 0.5) is 0 Å². The molecule has 0 aromatic rings. The van der Waals surface area contributed by atoms with E-state index in [1.54, 1.807) is 0 Å². The summed E-state index contributed by atoms with van der Waals surface area (Å²) in [6.45, 7) is 1.73. The fourth-order valence-corrected chi connectivity index (χ4v) is 1.92. The van der Waals surface area contributed by atoms with E-state index in [1.165, 1.54) is 19.3 Å². The second-order valence-electron chi connectivity index (χ2n) is 3.59. The lowest BCUT2D eigenvalue weighted by Gasteiger charge is -2.41. The Kier molecular flexibility index (Phi) is 1.60. The summed E-state index contributed by atoms with van der Waals surface area (Å²) in [6, 6.07) is 0. The van der Waals surface area contributed by atoms with Gasteiger partial charge in [0.25, 0.3) is 0 Å². The molecule has 2 fully saturated rings. The van der Waals surface area contributed by atoms with Crippen LogP contribution in [0.15, 0.2) is 0 Å². The van der Waals surface area contributed by atoms with Crippen molar-refractivity contribution in [3.63, 3.8) is 0 Å². The van der Waals surface area contributed by atoms with E-state index in [-0.39, 0.29) is 11.4 Å². The molecule has 2 N–H and O–H groups in total. The van der Waals surface area contributed by atoms with Gasteiger partial charge in [0.2, 0.25) is 5.91 Å². The van der Waals surface area contributed by atoms with Crippen molar-refractivity contribution in [2.75, 3.05) is 13.1 Å². The smallest absolute Gasteiger partial charge is 0.221 e. The van der Waals surface area contributed by atoms with Crippen molar-refractivity contribution in [1.82, 2.24) is 10.6 Å². The lowest BCUT2D eigenvalue weighted by atomic mass is 9.74. The van der Waals surface area contributed by atoms with E-state index in [1.807, 2.05) is 0 Å². The van der Waals surface area contributed by atoms with E-state index in [0.717, 1.165) is 13.1 Å². The fraction of sp³-hybridized carbons (Fsp3) is 0.875. The van der Waals surface area contributed by atoms with Gasteiger partial charge in [0.1, 0.15) is 0 Å². The molecule has 11 heavy (non-hydrogen) atoms. The molecule has 0 atom stereocenters. The Morgan fingerprint density at radius 3 is 2.73 bits per heavy atom. The maximum atomic E-state index is 11.1. The van der Waals surface area contributed by atoms with E-state index in [2.05, 4.69) is 10.6 Å². The normalized spacial score (nSPS) is 28.9. The van der Waals surface area contributed by atoms with Gasteiger partial charge >= 0.3 is 0 Å². The molecule has 1 heterocycles. The molecule has 2 rings (SSSR count). The minimum atomic E-state index is 0.195.